The molecular formula is C16H11N3O4. The zero-order valence-electron chi connectivity index (χ0n) is 11.8. The van der Waals surface area contributed by atoms with E-state index in [1.807, 2.05) is 0 Å². The number of nitrogens with zero attached hydrogens (tertiary/aromatic N) is 3. The van der Waals surface area contributed by atoms with Gasteiger partial charge < -0.3 is 9.30 Å². The Bertz CT molecular complexity index is 842. The fraction of sp³-hybridized carbons (Fsp3) is 0. The van der Waals surface area contributed by atoms with E-state index in [1.165, 1.54) is 24.3 Å². The SMILES string of the molecule is O=Cc1ccc(Oc2ccc([N+](=O)[O-])cc2)cc1-n1ccnc1. The summed E-state index contributed by atoms with van der Waals surface area (Å²) in [5.41, 5.74) is 1.13. The zero-order valence-corrected chi connectivity index (χ0v) is 11.8. The number of carbonyl (C=O) groups excluding carboxylic acids is 1. The minimum atomic E-state index is -0.472. The summed E-state index contributed by atoms with van der Waals surface area (Å²) < 4.78 is 7.38. The number of rotatable bonds is 5. The molecule has 1 aromatic heterocycles. The summed E-state index contributed by atoms with van der Waals surface area (Å²) in [5.74, 6) is 0.971. The molecule has 0 aliphatic rings. The van der Waals surface area contributed by atoms with Gasteiger partial charge in [0, 0.05) is 36.2 Å². The van der Waals surface area contributed by atoms with Gasteiger partial charge in [0.05, 0.1) is 16.9 Å². The molecule has 114 valence electrons. The Balaban J connectivity index is 1.90. The second kappa shape index (κ2) is 6.10. The smallest absolute Gasteiger partial charge is 0.269 e. The molecule has 0 bridgehead atoms. The van der Waals surface area contributed by atoms with Crippen LogP contribution in [0.1, 0.15) is 10.4 Å². The van der Waals surface area contributed by atoms with Gasteiger partial charge in [0.15, 0.2) is 6.29 Å². The highest BCUT2D eigenvalue weighted by Crippen LogP contribution is 2.27. The molecule has 1 heterocycles. The Morgan fingerprint density at radius 1 is 1.13 bits per heavy atom. The molecule has 0 fully saturated rings. The molecule has 0 saturated carbocycles. The van der Waals surface area contributed by atoms with Crippen LogP contribution in [0.3, 0.4) is 0 Å². The standard InChI is InChI=1S/C16H11N3O4/c20-10-12-1-4-15(9-16(12)18-8-7-17-11-18)23-14-5-2-13(3-6-14)19(21)22/h1-11H. The first-order valence-corrected chi connectivity index (χ1v) is 6.67. The summed E-state index contributed by atoms with van der Waals surface area (Å²) in [5, 5.41) is 10.6. The largest absolute Gasteiger partial charge is 0.457 e. The van der Waals surface area contributed by atoms with Crippen molar-refractivity contribution in [2.24, 2.45) is 0 Å². The third kappa shape index (κ3) is 3.08. The van der Waals surface area contributed by atoms with Gasteiger partial charge in [0.2, 0.25) is 0 Å². The molecule has 0 aliphatic carbocycles. The van der Waals surface area contributed by atoms with Crippen LogP contribution in [-0.2, 0) is 0 Å². The van der Waals surface area contributed by atoms with Crippen molar-refractivity contribution >= 4 is 12.0 Å². The predicted molar refractivity (Wildman–Crippen MR) is 82.1 cm³/mol. The van der Waals surface area contributed by atoms with Gasteiger partial charge in [-0.3, -0.25) is 14.9 Å². The van der Waals surface area contributed by atoms with Crippen LogP contribution in [0.15, 0.2) is 61.2 Å². The minimum absolute atomic E-state index is 0.00671. The van der Waals surface area contributed by atoms with E-state index < -0.39 is 4.92 Å². The lowest BCUT2D eigenvalue weighted by atomic mass is 10.2. The van der Waals surface area contributed by atoms with E-state index in [-0.39, 0.29) is 5.69 Å². The Morgan fingerprint density at radius 3 is 2.48 bits per heavy atom. The zero-order chi connectivity index (χ0) is 16.2. The van der Waals surface area contributed by atoms with Crippen molar-refractivity contribution in [3.63, 3.8) is 0 Å². The highest BCUT2D eigenvalue weighted by Gasteiger charge is 2.08. The van der Waals surface area contributed by atoms with Crippen LogP contribution in [0.25, 0.3) is 5.69 Å². The summed E-state index contributed by atoms with van der Waals surface area (Å²) in [6.07, 6.45) is 5.67. The van der Waals surface area contributed by atoms with Gasteiger partial charge in [-0.15, -0.1) is 0 Å². The second-order valence-electron chi connectivity index (χ2n) is 4.66. The first kappa shape index (κ1) is 14.5. The fourth-order valence-corrected chi connectivity index (χ4v) is 2.08. The molecule has 0 unspecified atom stereocenters. The number of non-ortho nitro benzene ring substituents is 1. The molecule has 0 N–H and O–H groups in total. The van der Waals surface area contributed by atoms with E-state index in [4.69, 9.17) is 4.74 Å². The molecule has 2 aromatic carbocycles. The van der Waals surface area contributed by atoms with Crippen LogP contribution in [-0.4, -0.2) is 20.8 Å². The summed E-state index contributed by atoms with van der Waals surface area (Å²) in [7, 11) is 0. The number of benzene rings is 2. The van der Waals surface area contributed by atoms with Crippen molar-refractivity contribution in [2.45, 2.75) is 0 Å². The lowest BCUT2D eigenvalue weighted by Crippen LogP contribution is -1.97. The topological polar surface area (TPSA) is 87.3 Å². The van der Waals surface area contributed by atoms with E-state index in [0.29, 0.717) is 22.7 Å². The molecule has 0 amide bonds. The second-order valence-corrected chi connectivity index (χ2v) is 4.66. The van der Waals surface area contributed by atoms with E-state index >= 15 is 0 Å². The monoisotopic (exact) mass is 309 g/mol. The Morgan fingerprint density at radius 2 is 1.87 bits per heavy atom. The van der Waals surface area contributed by atoms with Crippen molar-refractivity contribution < 1.29 is 14.5 Å². The molecule has 7 heteroatoms. The van der Waals surface area contributed by atoms with Gasteiger partial charge in [0.25, 0.3) is 5.69 Å². The van der Waals surface area contributed by atoms with E-state index in [0.717, 1.165) is 6.29 Å². The maximum Gasteiger partial charge on any atom is 0.269 e. The summed E-state index contributed by atoms with van der Waals surface area (Å²) in [6.45, 7) is 0. The maximum atomic E-state index is 11.2. The van der Waals surface area contributed by atoms with Crippen LogP contribution in [0.4, 0.5) is 5.69 Å². The normalized spacial score (nSPS) is 10.3. The number of carbonyl (C=O) groups is 1. The molecule has 0 radical (unpaired) electrons. The van der Waals surface area contributed by atoms with Gasteiger partial charge in [-0.25, -0.2) is 4.98 Å². The van der Waals surface area contributed by atoms with E-state index in [1.54, 1.807) is 41.5 Å². The van der Waals surface area contributed by atoms with Crippen molar-refractivity contribution in [1.29, 1.82) is 0 Å². The number of nitro groups is 1. The Hall–Kier alpha value is -3.48. The number of hydrogen-bond acceptors (Lipinski definition) is 5. The van der Waals surface area contributed by atoms with Crippen molar-refractivity contribution in [3.05, 3.63) is 76.9 Å². The van der Waals surface area contributed by atoms with Crippen LogP contribution < -0.4 is 4.74 Å². The molecule has 23 heavy (non-hydrogen) atoms. The van der Waals surface area contributed by atoms with Crippen LogP contribution in [0, 0.1) is 10.1 Å². The van der Waals surface area contributed by atoms with Gasteiger partial charge in [0.1, 0.15) is 11.5 Å². The van der Waals surface area contributed by atoms with Crippen molar-refractivity contribution in [1.82, 2.24) is 9.55 Å². The Labute approximate surface area is 130 Å². The van der Waals surface area contributed by atoms with Crippen LogP contribution in [0.5, 0.6) is 11.5 Å². The van der Waals surface area contributed by atoms with Crippen molar-refractivity contribution in [2.75, 3.05) is 0 Å². The molecule has 7 nitrogen and oxygen atoms in total. The minimum Gasteiger partial charge on any atom is -0.457 e. The molecule has 0 spiro atoms. The van der Waals surface area contributed by atoms with Gasteiger partial charge >= 0.3 is 0 Å². The third-order valence-corrected chi connectivity index (χ3v) is 3.19. The van der Waals surface area contributed by atoms with Crippen LogP contribution in [0.2, 0.25) is 0 Å². The van der Waals surface area contributed by atoms with Gasteiger partial charge in [-0.1, -0.05) is 0 Å². The molecule has 0 saturated heterocycles. The first-order chi connectivity index (χ1) is 11.2. The first-order valence-electron chi connectivity index (χ1n) is 6.67. The fourth-order valence-electron chi connectivity index (χ4n) is 2.08. The van der Waals surface area contributed by atoms with Crippen LogP contribution >= 0.6 is 0 Å². The third-order valence-electron chi connectivity index (χ3n) is 3.19. The molecule has 3 rings (SSSR count). The number of imidazole rings is 1. The van der Waals surface area contributed by atoms with E-state index in [2.05, 4.69) is 4.98 Å². The summed E-state index contributed by atoms with van der Waals surface area (Å²) in [6, 6.07) is 10.8. The molecule has 0 atom stereocenters. The number of hydrogen-bond donors (Lipinski definition) is 0. The number of nitro benzene ring substituents is 1. The highest BCUT2D eigenvalue weighted by atomic mass is 16.6. The molecule has 0 aliphatic heterocycles. The number of aldehydes is 1. The Kier molecular flexibility index (Phi) is 3.84. The number of ether oxygens (including phenoxy) is 1. The average molecular weight is 309 g/mol. The van der Waals surface area contributed by atoms with E-state index in [9.17, 15) is 14.9 Å². The average Bonchev–Trinajstić information content (AvgIpc) is 3.09. The summed E-state index contributed by atoms with van der Waals surface area (Å²) in [4.78, 5) is 25.3. The lowest BCUT2D eigenvalue weighted by molar-refractivity contribution is -0.384. The predicted octanol–water partition coefficient (Wildman–Crippen LogP) is 3.39. The summed E-state index contributed by atoms with van der Waals surface area (Å²) >= 11 is 0. The van der Waals surface area contributed by atoms with Crippen molar-refractivity contribution in [3.8, 4) is 17.2 Å². The highest BCUT2D eigenvalue weighted by molar-refractivity contribution is 5.81. The van der Waals surface area contributed by atoms with Gasteiger partial charge in [-0.05, 0) is 24.3 Å². The molecular weight excluding hydrogens is 298 g/mol. The quantitative estimate of drug-likeness (QED) is 0.409. The van der Waals surface area contributed by atoms with Gasteiger partial charge in [-0.2, -0.15) is 0 Å². The number of aromatic nitrogens is 2. The molecule has 3 aromatic rings. The maximum absolute atomic E-state index is 11.2. The lowest BCUT2D eigenvalue weighted by Gasteiger charge is -2.10.